The Bertz CT molecular complexity index is 904. The lowest BCUT2D eigenvalue weighted by Gasteiger charge is -2.31. The van der Waals surface area contributed by atoms with Gasteiger partial charge < -0.3 is 5.32 Å². The molecule has 26 heavy (non-hydrogen) atoms. The van der Waals surface area contributed by atoms with Gasteiger partial charge in [-0.2, -0.15) is 5.26 Å². The van der Waals surface area contributed by atoms with Crippen molar-refractivity contribution < 1.29 is 0 Å². The van der Waals surface area contributed by atoms with Gasteiger partial charge >= 0.3 is 5.69 Å². The number of hydrogen-bond acceptors (Lipinski definition) is 5. The third-order valence-corrected chi connectivity index (χ3v) is 4.68. The maximum Gasteiger partial charge on any atom is 0.332 e. The van der Waals surface area contributed by atoms with Crippen LogP contribution in [0.15, 0.2) is 39.9 Å². The van der Waals surface area contributed by atoms with Gasteiger partial charge in [-0.15, -0.1) is 0 Å². The molecule has 2 rings (SSSR count). The Labute approximate surface area is 153 Å². The molecule has 0 bridgehead atoms. The van der Waals surface area contributed by atoms with E-state index < -0.39 is 11.2 Å². The van der Waals surface area contributed by atoms with Crippen LogP contribution in [0.1, 0.15) is 31.0 Å². The van der Waals surface area contributed by atoms with Crippen molar-refractivity contribution in [2.24, 2.45) is 14.1 Å². The van der Waals surface area contributed by atoms with Gasteiger partial charge in [0.1, 0.15) is 11.9 Å². The molecule has 1 unspecified atom stereocenters. The first kappa shape index (κ1) is 19.5. The van der Waals surface area contributed by atoms with Gasteiger partial charge in [0, 0.05) is 20.6 Å². The maximum absolute atomic E-state index is 12.2. The van der Waals surface area contributed by atoms with Gasteiger partial charge in [0.2, 0.25) is 0 Å². The van der Waals surface area contributed by atoms with E-state index >= 15 is 0 Å². The van der Waals surface area contributed by atoms with Crippen molar-refractivity contribution in [1.29, 1.82) is 5.26 Å². The van der Waals surface area contributed by atoms with Crippen LogP contribution in [0.2, 0.25) is 0 Å². The molecule has 0 aliphatic heterocycles. The topological polar surface area (TPSA) is 83.1 Å². The van der Waals surface area contributed by atoms with Crippen molar-refractivity contribution in [2.75, 3.05) is 25.0 Å². The minimum Gasteiger partial charge on any atom is -0.368 e. The molecule has 0 saturated heterocycles. The third-order valence-electron chi connectivity index (χ3n) is 4.68. The van der Waals surface area contributed by atoms with Crippen LogP contribution < -0.4 is 16.6 Å². The Morgan fingerprint density at radius 1 is 1.12 bits per heavy atom. The lowest BCUT2D eigenvalue weighted by Crippen LogP contribution is -2.41. The molecule has 0 fully saturated rings. The molecule has 0 spiro atoms. The number of nitrogens with one attached hydrogen (secondary N) is 1. The highest BCUT2D eigenvalue weighted by Crippen LogP contribution is 2.21. The number of benzene rings is 1. The van der Waals surface area contributed by atoms with E-state index in [1.165, 1.54) is 11.6 Å². The molecule has 1 aromatic carbocycles. The summed E-state index contributed by atoms with van der Waals surface area (Å²) in [6.45, 7) is 6.37. The van der Waals surface area contributed by atoms with Crippen LogP contribution in [0.25, 0.3) is 0 Å². The molecule has 1 N–H and O–H groups in total. The largest absolute Gasteiger partial charge is 0.368 e. The third kappa shape index (κ3) is 3.70. The molecule has 0 saturated carbocycles. The minimum atomic E-state index is -0.586. The molecule has 0 radical (unpaired) electrons. The summed E-state index contributed by atoms with van der Waals surface area (Å²) in [6.07, 6.45) is 0. The second-order valence-corrected chi connectivity index (χ2v) is 6.07. The summed E-state index contributed by atoms with van der Waals surface area (Å²) in [6, 6.07) is 12.0. The van der Waals surface area contributed by atoms with E-state index in [0.29, 0.717) is 6.54 Å². The van der Waals surface area contributed by atoms with Crippen molar-refractivity contribution in [3.63, 3.8) is 0 Å². The van der Waals surface area contributed by atoms with Gasteiger partial charge in [-0.3, -0.25) is 18.8 Å². The fourth-order valence-electron chi connectivity index (χ4n) is 3.14. The highest BCUT2D eigenvalue weighted by molar-refractivity contribution is 5.51. The molecular formula is C19H25N5O2. The number of nitrogens with zero attached hydrogens (tertiary/aromatic N) is 4. The lowest BCUT2D eigenvalue weighted by molar-refractivity contribution is 0.228. The van der Waals surface area contributed by atoms with Crippen molar-refractivity contribution in [2.45, 2.75) is 19.9 Å². The molecule has 1 atom stereocenters. The molecule has 0 aliphatic rings. The number of aromatic nitrogens is 2. The average Bonchev–Trinajstić information content (AvgIpc) is 2.67. The predicted molar refractivity (Wildman–Crippen MR) is 102 cm³/mol. The first-order valence-corrected chi connectivity index (χ1v) is 8.69. The van der Waals surface area contributed by atoms with E-state index in [0.717, 1.165) is 23.2 Å². The number of anilines is 1. The van der Waals surface area contributed by atoms with E-state index in [2.05, 4.69) is 36.2 Å². The van der Waals surface area contributed by atoms with Crippen molar-refractivity contribution in [3.05, 3.63) is 62.3 Å². The quantitative estimate of drug-likeness (QED) is 0.813. The number of rotatable bonds is 7. The summed E-state index contributed by atoms with van der Waals surface area (Å²) in [7, 11) is 2.93. The first-order valence-electron chi connectivity index (χ1n) is 8.69. The van der Waals surface area contributed by atoms with E-state index in [4.69, 9.17) is 0 Å². The number of hydrogen-bond donors (Lipinski definition) is 1. The zero-order valence-corrected chi connectivity index (χ0v) is 15.7. The summed E-state index contributed by atoms with van der Waals surface area (Å²) < 4.78 is 2.26. The fraction of sp³-hybridized carbons (Fsp3) is 0.421. The summed E-state index contributed by atoms with van der Waals surface area (Å²) in [4.78, 5) is 26.7. The molecule has 2 aromatic rings. The monoisotopic (exact) mass is 355 g/mol. The second-order valence-electron chi connectivity index (χ2n) is 6.07. The zero-order chi connectivity index (χ0) is 19.3. The van der Waals surface area contributed by atoms with Crippen LogP contribution in [-0.4, -0.2) is 33.7 Å². The Hall–Kier alpha value is -2.85. The zero-order valence-electron chi connectivity index (χ0n) is 15.7. The van der Waals surface area contributed by atoms with Crippen LogP contribution in [0.3, 0.4) is 0 Å². The lowest BCUT2D eigenvalue weighted by atomic mass is 10.0. The van der Waals surface area contributed by atoms with Crippen LogP contribution in [0.4, 0.5) is 5.82 Å². The molecular weight excluding hydrogens is 330 g/mol. The second kappa shape index (κ2) is 8.50. The Morgan fingerprint density at radius 3 is 2.27 bits per heavy atom. The van der Waals surface area contributed by atoms with Crippen LogP contribution in [0.5, 0.6) is 0 Å². The van der Waals surface area contributed by atoms with Gasteiger partial charge in [0.05, 0.1) is 6.04 Å². The summed E-state index contributed by atoms with van der Waals surface area (Å²) in [5, 5.41) is 12.6. The number of nitriles is 1. The van der Waals surface area contributed by atoms with Crippen molar-refractivity contribution in [1.82, 2.24) is 14.0 Å². The van der Waals surface area contributed by atoms with Gasteiger partial charge in [-0.1, -0.05) is 44.2 Å². The average molecular weight is 355 g/mol. The molecule has 7 heteroatoms. The van der Waals surface area contributed by atoms with Crippen LogP contribution in [0, 0.1) is 11.3 Å². The Balaban J connectivity index is 2.43. The summed E-state index contributed by atoms with van der Waals surface area (Å²) >= 11 is 0. The van der Waals surface area contributed by atoms with Gasteiger partial charge in [0.15, 0.2) is 5.56 Å². The van der Waals surface area contributed by atoms with Crippen molar-refractivity contribution in [3.8, 4) is 6.07 Å². The smallest absolute Gasteiger partial charge is 0.332 e. The summed E-state index contributed by atoms with van der Waals surface area (Å²) in [5.41, 5.74) is 0.0322. The first-order chi connectivity index (χ1) is 12.5. The molecule has 138 valence electrons. The molecule has 0 aliphatic carbocycles. The van der Waals surface area contributed by atoms with E-state index in [9.17, 15) is 14.9 Å². The van der Waals surface area contributed by atoms with Crippen molar-refractivity contribution >= 4 is 5.82 Å². The van der Waals surface area contributed by atoms with Crippen LogP contribution >= 0.6 is 0 Å². The SMILES string of the molecule is CCN(CC)C(CNc1c(C#N)c(=O)n(C)c(=O)n1C)c1ccccc1. The molecule has 1 heterocycles. The molecule has 1 aromatic heterocycles. The van der Waals surface area contributed by atoms with E-state index in [1.807, 2.05) is 24.3 Å². The van der Waals surface area contributed by atoms with Gasteiger partial charge in [-0.05, 0) is 18.7 Å². The van der Waals surface area contributed by atoms with E-state index in [-0.39, 0.29) is 17.4 Å². The number of likely N-dealkylation sites (N-methyl/N-ethyl adjacent to an activating group) is 1. The predicted octanol–water partition coefficient (Wildman–Crippen LogP) is 1.45. The highest BCUT2D eigenvalue weighted by Gasteiger charge is 2.20. The van der Waals surface area contributed by atoms with E-state index in [1.54, 1.807) is 7.05 Å². The Kier molecular flexibility index (Phi) is 6.36. The van der Waals surface area contributed by atoms with Crippen LogP contribution in [-0.2, 0) is 14.1 Å². The Morgan fingerprint density at radius 2 is 1.73 bits per heavy atom. The van der Waals surface area contributed by atoms with Gasteiger partial charge in [-0.25, -0.2) is 4.79 Å². The minimum absolute atomic E-state index is 0.0527. The molecule has 0 amide bonds. The fourth-order valence-corrected chi connectivity index (χ4v) is 3.14. The summed E-state index contributed by atoms with van der Waals surface area (Å²) in [5.74, 6) is 0.258. The maximum atomic E-state index is 12.2. The molecule has 7 nitrogen and oxygen atoms in total. The standard InChI is InChI=1S/C19H25N5O2/c1-5-24(6-2)16(14-10-8-7-9-11-14)13-21-17-15(12-20)18(25)23(4)19(26)22(17)3/h7-11,16,21H,5-6,13H2,1-4H3. The van der Waals surface area contributed by atoms with Gasteiger partial charge in [0.25, 0.3) is 5.56 Å². The highest BCUT2D eigenvalue weighted by atomic mass is 16.2. The normalized spacial score (nSPS) is 12.0.